The Morgan fingerprint density at radius 2 is 1.59 bits per heavy atom. The highest BCUT2D eigenvalue weighted by Crippen LogP contribution is 2.38. The molecule has 1 aliphatic rings. The summed E-state index contributed by atoms with van der Waals surface area (Å²) in [5.41, 5.74) is 1.28. The number of hydrogen-bond donors (Lipinski definition) is 0. The molecule has 2 aromatic carbocycles. The Balaban J connectivity index is 2.04. The molecule has 1 heterocycles. The second-order valence-corrected chi connectivity index (χ2v) is 6.01. The largest absolute Gasteiger partial charge is 0.464 e. The van der Waals surface area contributed by atoms with Crippen molar-refractivity contribution < 1.29 is 23.8 Å². The van der Waals surface area contributed by atoms with E-state index in [0.717, 1.165) is 5.56 Å². The summed E-state index contributed by atoms with van der Waals surface area (Å²) in [6.07, 6.45) is -1.93. The molecule has 2 aromatic rings. The lowest BCUT2D eigenvalue weighted by Gasteiger charge is -2.28. The Morgan fingerprint density at radius 1 is 0.963 bits per heavy atom. The van der Waals surface area contributed by atoms with Crippen LogP contribution in [0.3, 0.4) is 0 Å². The van der Waals surface area contributed by atoms with Gasteiger partial charge in [0.25, 0.3) is 5.91 Å². The molecule has 1 aliphatic heterocycles. The van der Waals surface area contributed by atoms with E-state index < -0.39 is 24.5 Å². The van der Waals surface area contributed by atoms with Gasteiger partial charge in [-0.15, -0.1) is 0 Å². The summed E-state index contributed by atoms with van der Waals surface area (Å²) in [4.78, 5) is 27.3. The molecule has 3 rings (SSSR count). The number of esters is 1. The first-order valence-electron chi connectivity index (χ1n) is 9.03. The van der Waals surface area contributed by atoms with E-state index in [-0.39, 0.29) is 12.5 Å². The summed E-state index contributed by atoms with van der Waals surface area (Å²) in [6, 6.07) is 17.5. The van der Waals surface area contributed by atoms with E-state index in [0.29, 0.717) is 12.2 Å². The first-order valence-corrected chi connectivity index (χ1v) is 9.03. The second kappa shape index (κ2) is 8.79. The molecule has 0 bridgehead atoms. The molecule has 1 amide bonds. The van der Waals surface area contributed by atoms with Crippen LogP contribution in [0.4, 0.5) is 0 Å². The van der Waals surface area contributed by atoms with Crippen LogP contribution >= 0.6 is 0 Å². The van der Waals surface area contributed by atoms with E-state index in [9.17, 15) is 9.59 Å². The highest BCUT2D eigenvalue weighted by molar-refractivity contribution is 5.95. The lowest BCUT2D eigenvalue weighted by Crippen LogP contribution is -2.40. The van der Waals surface area contributed by atoms with Gasteiger partial charge in [0.05, 0.1) is 12.6 Å². The monoisotopic (exact) mass is 369 g/mol. The number of amides is 1. The minimum atomic E-state index is -0.970. The van der Waals surface area contributed by atoms with Gasteiger partial charge >= 0.3 is 5.97 Å². The molecule has 0 radical (unpaired) electrons. The number of rotatable bonds is 6. The molecule has 142 valence electrons. The van der Waals surface area contributed by atoms with Crippen LogP contribution in [-0.4, -0.2) is 42.5 Å². The average molecular weight is 369 g/mol. The predicted octanol–water partition coefficient (Wildman–Crippen LogP) is 3.15. The van der Waals surface area contributed by atoms with Crippen LogP contribution in [0.1, 0.15) is 35.8 Å². The van der Waals surface area contributed by atoms with Crippen LogP contribution in [-0.2, 0) is 19.0 Å². The van der Waals surface area contributed by atoms with Crippen molar-refractivity contribution >= 4 is 11.9 Å². The van der Waals surface area contributed by atoms with Crippen molar-refractivity contribution in [2.24, 2.45) is 0 Å². The molecule has 1 saturated heterocycles. The third-order valence-electron chi connectivity index (χ3n) is 4.30. The van der Waals surface area contributed by atoms with E-state index >= 15 is 0 Å². The minimum absolute atomic E-state index is 0.228. The van der Waals surface area contributed by atoms with Crippen molar-refractivity contribution in [3.05, 3.63) is 71.8 Å². The van der Waals surface area contributed by atoms with Crippen molar-refractivity contribution in [3.8, 4) is 0 Å². The van der Waals surface area contributed by atoms with Crippen molar-refractivity contribution in [2.45, 2.75) is 32.4 Å². The summed E-state index contributed by atoms with van der Waals surface area (Å²) in [6.45, 7) is 4.10. The van der Waals surface area contributed by atoms with Crippen LogP contribution in [0.2, 0.25) is 0 Å². The fraction of sp³-hybridized carbons (Fsp3) is 0.333. The van der Waals surface area contributed by atoms with Crippen molar-refractivity contribution in [2.75, 3.05) is 13.2 Å². The molecular weight excluding hydrogens is 346 g/mol. The fourth-order valence-corrected chi connectivity index (χ4v) is 3.15. The molecular formula is C21H23NO5. The summed E-state index contributed by atoms with van der Waals surface area (Å²) < 4.78 is 16.7. The van der Waals surface area contributed by atoms with Crippen LogP contribution in [0.15, 0.2) is 60.7 Å². The molecule has 6 nitrogen and oxygen atoms in total. The molecule has 0 N–H and O–H groups in total. The Hall–Kier alpha value is -2.70. The van der Waals surface area contributed by atoms with Gasteiger partial charge in [0.1, 0.15) is 0 Å². The van der Waals surface area contributed by atoms with Gasteiger partial charge in [0, 0.05) is 12.2 Å². The molecule has 1 fully saturated rings. The van der Waals surface area contributed by atoms with Gasteiger partial charge in [-0.1, -0.05) is 48.5 Å². The van der Waals surface area contributed by atoms with Gasteiger partial charge in [0.15, 0.2) is 6.10 Å². The van der Waals surface area contributed by atoms with Crippen LogP contribution in [0.25, 0.3) is 0 Å². The summed E-state index contributed by atoms with van der Waals surface area (Å²) in [5.74, 6) is -0.783. The topological polar surface area (TPSA) is 65.1 Å². The Labute approximate surface area is 158 Å². The van der Waals surface area contributed by atoms with Crippen molar-refractivity contribution in [1.82, 2.24) is 4.90 Å². The van der Waals surface area contributed by atoms with Crippen molar-refractivity contribution in [3.63, 3.8) is 0 Å². The lowest BCUT2D eigenvalue weighted by molar-refractivity contribution is -0.188. The smallest absolute Gasteiger partial charge is 0.337 e. The number of hydrogen-bond acceptors (Lipinski definition) is 5. The zero-order valence-corrected chi connectivity index (χ0v) is 15.4. The van der Waals surface area contributed by atoms with E-state index in [2.05, 4.69) is 0 Å². The maximum Gasteiger partial charge on any atom is 0.337 e. The molecule has 0 saturated carbocycles. The number of nitrogens with zero attached hydrogens (tertiary/aromatic N) is 1. The molecule has 0 aromatic heterocycles. The number of benzene rings is 2. The first kappa shape index (κ1) is 19.1. The SMILES string of the molecule is CCOC(=O)[C@@H]1OC(OCC)N(C(=O)c2ccccc2)[C@@H]1c1ccccc1. The Bertz CT molecular complexity index is 765. The zero-order chi connectivity index (χ0) is 19.2. The van der Waals surface area contributed by atoms with Crippen molar-refractivity contribution in [1.29, 1.82) is 0 Å². The average Bonchev–Trinajstić information content (AvgIpc) is 3.08. The molecule has 0 aliphatic carbocycles. The quantitative estimate of drug-likeness (QED) is 0.732. The number of carbonyl (C=O) groups is 2. The van der Waals surface area contributed by atoms with Gasteiger partial charge in [-0.2, -0.15) is 0 Å². The van der Waals surface area contributed by atoms with E-state index in [4.69, 9.17) is 14.2 Å². The number of carbonyl (C=O) groups excluding carboxylic acids is 2. The van der Waals surface area contributed by atoms with Crippen LogP contribution in [0, 0.1) is 0 Å². The Morgan fingerprint density at radius 3 is 2.19 bits per heavy atom. The summed E-state index contributed by atoms with van der Waals surface area (Å²) in [7, 11) is 0. The molecule has 1 unspecified atom stereocenters. The third-order valence-corrected chi connectivity index (χ3v) is 4.30. The fourth-order valence-electron chi connectivity index (χ4n) is 3.15. The first-order chi connectivity index (χ1) is 13.2. The van der Waals surface area contributed by atoms with Gasteiger partial charge < -0.3 is 14.2 Å². The molecule has 6 heteroatoms. The summed E-state index contributed by atoms with van der Waals surface area (Å²) >= 11 is 0. The highest BCUT2D eigenvalue weighted by atomic mass is 16.7. The van der Waals surface area contributed by atoms with Crippen LogP contribution in [0.5, 0.6) is 0 Å². The third kappa shape index (κ3) is 4.02. The van der Waals surface area contributed by atoms with Crippen LogP contribution < -0.4 is 0 Å². The van der Waals surface area contributed by atoms with E-state index in [1.165, 1.54) is 4.90 Å². The van der Waals surface area contributed by atoms with Gasteiger partial charge in [-0.05, 0) is 31.5 Å². The van der Waals surface area contributed by atoms with E-state index in [1.54, 1.807) is 31.2 Å². The highest BCUT2D eigenvalue weighted by Gasteiger charge is 2.50. The lowest BCUT2D eigenvalue weighted by atomic mass is 10.00. The maximum atomic E-state index is 13.3. The molecule has 3 atom stereocenters. The minimum Gasteiger partial charge on any atom is -0.464 e. The van der Waals surface area contributed by atoms with Gasteiger partial charge in [-0.3, -0.25) is 9.69 Å². The summed E-state index contributed by atoms with van der Waals surface area (Å²) in [5, 5.41) is 0. The standard InChI is InChI=1S/C21H23NO5/c1-3-25-20(24)18-17(15-11-7-5-8-12-15)22(21(27-18)26-4-2)19(23)16-13-9-6-10-14-16/h5-14,17-18,21H,3-4H2,1-2H3/t17-,18-,21?/m1/s1. The molecule has 27 heavy (non-hydrogen) atoms. The van der Waals surface area contributed by atoms with E-state index in [1.807, 2.05) is 43.3 Å². The second-order valence-electron chi connectivity index (χ2n) is 6.01. The van der Waals surface area contributed by atoms with Gasteiger partial charge in [0.2, 0.25) is 6.41 Å². The Kier molecular flexibility index (Phi) is 6.21. The maximum absolute atomic E-state index is 13.3. The number of ether oxygens (including phenoxy) is 3. The van der Waals surface area contributed by atoms with Gasteiger partial charge in [-0.25, -0.2) is 4.79 Å². The normalized spacial score (nSPS) is 21.9. The predicted molar refractivity (Wildman–Crippen MR) is 98.7 cm³/mol. The molecule has 0 spiro atoms. The zero-order valence-electron chi connectivity index (χ0n) is 15.4.